The topological polar surface area (TPSA) is 82.4 Å². The minimum Gasteiger partial charge on any atom is -0.497 e. The minimum atomic E-state index is -5.26. The third-order valence-corrected chi connectivity index (χ3v) is 6.12. The number of fused-ring (bicyclic) bond motifs is 1. The molecule has 0 spiro atoms. The average molecular weight is 369 g/mol. The largest absolute Gasteiger partial charge is 0.497 e. The van der Waals surface area contributed by atoms with Gasteiger partial charge >= 0.3 is 10.2 Å². The lowest BCUT2D eigenvalue weighted by Crippen LogP contribution is -2.16. The molecule has 0 radical (unpaired) electrons. The van der Waals surface area contributed by atoms with Crippen LogP contribution in [-0.2, 0) is 20.2 Å². The summed E-state index contributed by atoms with van der Waals surface area (Å²) in [5.74, 6) is 0.313. The van der Waals surface area contributed by atoms with Crippen LogP contribution in [-0.4, -0.2) is 27.9 Å². The second-order valence-corrected chi connectivity index (χ2v) is 8.01. The van der Waals surface area contributed by atoms with Gasteiger partial charge in [-0.2, -0.15) is 8.42 Å². The summed E-state index contributed by atoms with van der Waals surface area (Å²) in [6.07, 6.45) is 0. The van der Waals surface area contributed by atoms with Crippen LogP contribution in [0.2, 0.25) is 0 Å². The van der Waals surface area contributed by atoms with Crippen LogP contribution in [0.3, 0.4) is 0 Å². The summed E-state index contributed by atoms with van der Waals surface area (Å²) in [5.41, 5.74) is 0.00873. The molecular weight excluding hydrogens is 357 g/mol. The maximum Gasteiger partial charge on any atom is 0.348 e. The van der Waals surface area contributed by atoms with Gasteiger partial charge in [0.1, 0.15) is 5.75 Å². The molecule has 0 aliphatic rings. The Balaban J connectivity index is 2.45. The quantitative estimate of drug-likeness (QED) is 0.660. The number of hydrogen-bond donors (Lipinski definition) is 0. The van der Waals surface area contributed by atoms with E-state index < -0.39 is 25.3 Å². The third-order valence-electron chi connectivity index (χ3n) is 3.47. The molecule has 126 valence electrons. The first-order chi connectivity index (χ1) is 11.2. The molecule has 0 aliphatic carbocycles. The van der Waals surface area contributed by atoms with E-state index in [0.717, 1.165) is 6.07 Å². The highest BCUT2D eigenvalue weighted by Crippen LogP contribution is 2.31. The van der Waals surface area contributed by atoms with Gasteiger partial charge in [-0.3, -0.25) is 0 Å². The second-order valence-electron chi connectivity index (χ2n) is 4.93. The standard InChI is InChI=1S/C15H12FNO5S2/c1-22-12-8-7-11-9-15(23(16,18)19)17(14(11)10-12)24(20,21)13-5-3-2-4-6-13/h2-10H,1H3. The van der Waals surface area contributed by atoms with Crippen molar-refractivity contribution < 1.29 is 25.5 Å². The van der Waals surface area contributed by atoms with E-state index in [0.29, 0.717) is 9.72 Å². The first kappa shape index (κ1) is 16.5. The predicted octanol–water partition coefficient (Wildman–Crippen LogP) is 2.55. The molecule has 24 heavy (non-hydrogen) atoms. The van der Waals surface area contributed by atoms with Gasteiger partial charge in [-0.05, 0) is 30.3 Å². The Morgan fingerprint density at radius 1 is 0.958 bits per heavy atom. The lowest BCUT2D eigenvalue weighted by atomic mass is 10.2. The zero-order valence-electron chi connectivity index (χ0n) is 12.4. The van der Waals surface area contributed by atoms with Gasteiger partial charge in [0.2, 0.25) is 0 Å². The van der Waals surface area contributed by atoms with Crippen LogP contribution < -0.4 is 4.74 Å². The zero-order valence-corrected chi connectivity index (χ0v) is 14.0. The van der Waals surface area contributed by atoms with E-state index in [4.69, 9.17) is 4.74 Å². The van der Waals surface area contributed by atoms with Crippen LogP contribution >= 0.6 is 0 Å². The molecule has 1 aromatic heterocycles. The smallest absolute Gasteiger partial charge is 0.348 e. The summed E-state index contributed by atoms with van der Waals surface area (Å²) in [4.78, 5) is -0.157. The van der Waals surface area contributed by atoms with Gasteiger partial charge < -0.3 is 4.74 Å². The van der Waals surface area contributed by atoms with E-state index >= 15 is 0 Å². The van der Waals surface area contributed by atoms with Crippen molar-refractivity contribution >= 4 is 31.1 Å². The zero-order chi connectivity index (χ0) is 17.5. The number of methoxy groups -OCH3 is 1. The van der Waals surface area contributed by atoms with Crippen molar-refractivity contribution in [3.8, 4) is 5.75 Å². The fraction of sp³-hybridized carbons (Fsp3) is 0.0667. The van der Waals surface area contributed by atoms with Gasteiger partial charge in [0, 0.05) is 11.5 Å². The molecule has 0 unspecified atom stereocenters. The molecule has 0 atom stereocenters. The lowest BCUT2D eigenvalue weighted by Gasteiger charge is -2.10. The molecule has 0 saturated carbocycles. The van der Waals surface area contributed by atoms with Crippen molar-refractivity contribution in [3.05, 3.63) is 54.6 Å². The maximum atomic E-state index is 13.7. The molecular formula is C15H12FNO5S2. The van der Waals surface area contributed by atoms with Crippen LogP contribution in [0.1, 0.15) is 0 Å². The van der Waals surface area contributed by atoms with Gasteiger partial charge in [0.05, 0.1) is 17.5 Å². The van der Waals surface area contributed by atoms with Crippen LogP contribution in [0.15, 0.2) is 64.5 Å². The van der Waals surface area contributed by atoms with E-state index in [1.807, 2.05) is 0 Å². The number of rotatable bonds is 4. The van der Waals surface area contributed by atoms with Crippen molar-refractivity contribution in [2.75, 3.05) is 7.11 Å². The summed E-state index contributed by atoms with van der Waals surface area (Å²) in [6.45, 7) is 0. The van der Waals surface area contributed by atoms with E-state index in [9.17, 15) is 20.7 Å². The van der Waals surface area contributed by atoms with Gasteiger partial charge in [-0.25, -0.2) is 12.4 Å². The predicted molar refractivity (Wildman–Crippen MR) is 85.8 cm³/mol. The molecule has 0 amide bonds. The summed E-state index contributed by atoms with van der Waals surface area (Å²) in [5, 5.41) is -0.693. The number of benzene rings is 2. The molecule has 1 heterocycles. The Hall–Kier alpha value is -2.39. The van der Waals surface area contributed by atoms with Crippen molar-refractivity contribution in [1.29, 1.82) is 0 Å². The number of ether oxygens (including phenoxy) is 1. The van der Waals surface area contributed by atoms with E-state index in [1.54, 1.807) is 6.07 Å². The van der Waals surface area contributed by atoms with Crippen molar-refractivity contribution in [2.24, 2.45) is 0 Å². The lowest BCUT2D eigenvalue weighted by molar-refractivity contribution is 0.415. The summed E-state index contributed by atoms with van der Waals surface area (Å²) in [6, 6.07) is 12.5. The highest BCUT2D eigenvalue weighted by atomic mass is 32.3. The Kier molecular flexibility index (Phi) is 3.84. The van der Waals surface area contributed by atoms with Crippen LogP contribution in [0.5, 0.6) is 5.75 Å². The van der Waals surface area contributed by atoms with Crippen molar-refractivity contribution in [2.45, 2.75) is 9.92 Å². The molecule has 0 N–H and O–H groups in total. The van der Waals surface area contributed by atoms with Crippen molar-refractivity contribution in [3.63, 3.8) is 0 Å². The molecule has 0 saturated heterocycles. The monoisotopic (exact) mass is 369 g/mol. The van der Waals surface area contributed by atoms with Crippen molar-refractivity contribution in [1.82, 2.24) is 3.97 Å². The third kappa shape index (κ3) is 2.65. The molecule has 6 nitrogen and oxygen atoms in total. The Bertz CT molecular complexity index is 1120. The first-order valence-electron chi connectivity index (χ1n) is 6.70. The van der Waals surface area contributed by atoms with E-state index in [-0.39, 0.29) is 15.8 Å². The number of nitrogens with zero attached hydrogens (tertiary/aromatic N) is 1. The molecule has 3 rings (SSSR count). The molecule has 2 aromatic carbocycles. The number of aromatic nitrogens is 1. The SMILES string of the molecule is COc1ccc2cc(S(=O)(=O)F)n(S(=O)(=O)c3ccccc3)c2c1. The molecule has 0 aliphatic heterocycles. The number of hydrogen-bond acceptors (Lipinski definition) is 5. The molecule has 3 aromatic rings. The molecule has 9 heteroatoms. The van der Waals surface area contributed by atoms with Crippen LogP contribution in [0.25, 0.3) is 10.9 Å². The number of halogens is 1. The minimum absolute atomic E-state index is 0.00873. The van der Waals surface area contributed by atoms with Gasteiger partial charge in [0.25, 0.3) is 10.0 Å². The van der Waals surface area contributed by atoms with Crippen LogP contribution in [0.4, 0.5) is 3.89 Å². The normalized spacial score (nSPS) is 12.4. The van der Waals surface area contributed by atoms with Gasteiger partial charge in [0.15, 0.2) is 5.03 Å². The molecule has 0 fully saturated rings. The summed E-state index contributed by atoms with van der Waals surface area (Å²) >= 11 is 0. The van der Waals surface area contributed by atoms with Gasteiger partial charge in [-0.1, -0.05) is 22.1 Å². The van der Waals surface area contributed by atoms with Gasteiger partial charge in [-0.15, -0.1) is 0 Å². The summed E-state index contributed by atoms with van der Waals surface area (Å²) < 4.78 is 67.9. The Labute approximate surface area is 138 Å². The Morgan fingerprint density at radius 3 is 2.21 bits per heavy atom. The first-order valence-corrected chi connectivity index (χ1v) is 9.52. The van der Waals surface area contributed by atoms with Crippen LogP contribution in [0, 0.1) is 0 Å². The maximum absolute atomic E-state index is 13.7. The van der Waals surface area contributed by atoms with E-state index in [1.165, 1.54) is 49.6 Å². The fourth-order valence-corrected chi connectivity index (χ4v) is 4.92. The fourth-order valence-electron chi connectivity index (χ4n) is 2.37. The molecule has 0 bridgehead atoms. The second kappa shape index (κ2) is 5.60. The summed E-state index contributed by atoms with van der Waals surface area (Å²) in [7, 11) is -8.20. The van der Waals surface area contributed by atoms with E-state index in [2.05, 4.69) is 0 Å². The highest BCUT2D eigenvalue weighted by molar-refractivity contribution is 7.91. The Morgan fingerprint density at radius 2 is 1.62 bits per heavy atom. The average Bonchev–Trinajstić information content (AvgIpc) is 2.95. The highest BCUT2D eigenvalue weighted by Gasteiger charge is 2.29.